The standard InChI is InChI=1S/C12H14FN/c1-7-5-8(2)12(13)11(10(7)4)9(3)6-14/h5,9H,1-4H3. The summed E-state index contributed by atoms with van der Waals surface area (Å²) in [6, 6.07) is 3.90. The zero-order valence-corrected chi connectivity index (χ0v) is 8.98. The first-order valence-corrected chi connectivity index (χ1v) is 4.64. The van der Waals surface area contributed by atoms with Crippen molar-refractivity contribution in [2.75, 3.05) is 0 Å². The lowest BCUT2D eigenvalue weighted by Gasteiger charge is -2.13. The van der Waals surface area contributed by atoms with Gasteiger partial charge in [-0.25, -0.2) is 4.39 Å². The van der Waals surface area contributed by atoms with Crippen LogP contribution in [0.5, 0.6) is 0 Å². The molecule has 1 atom stereocenters. The highest BCUT2D eigenvalue weighted by atomic mass is 19.1. The maximum absolute atomic E-state index is 13.7. The summed E-state index contributed by atoms with van der Waals surface area (Å²) >= 11 is 0. The number of benzene rings is 1. The Bertz CT molecular complexity index is 376. The third-order valence-corrected chi connectivity index (χ3v) is 2.64. The summed E-state index contributed by atoms with van der Waals surface area (Å²) in [4.78, 5) is 0. The lowest BCUT2D eigenvalue weighted by molar-refractivity contribution is 0.594. The van der Waals surface area contributed by atoms with E-state index >= 15 is 0 Å². The van der Waals surface area contributed by atoms with Crippen molar-refractivity contribution in [1.29, 1.82) is 5.26 Å². The molecule has 2 heteroatoms. The minimum Gasteiger partial charge on any atom is -0.206 e. The molecule has 1 aromatic carbocycles. The van der Waals surface area contributed by atoms with E-state index in [9.17, 15) is 4.39 Å². The van der Waals surface area contributed by atoms with Crippen LogP contribution in [0.2, 0.25) is 0 Å². The van der Waals surface area contributed by atoms with Gasteiger partial charge in [0, 0.05) is 5.56 Å². The van der Waals surface area contributed by atoms with Crippen LogP contribution in [-0.2, 0) is 0 Å². The molecule has 1 nitrogen and oxygen atoms in total. The highest BCUT2D eigenvalue weighted by Gasteiger charge is 2.16. The molecule has 0 saturated carbocycles. The highest BCUT2D eigenvalue weighted by Crippen LogP contribution is 2.27. The fourth-order valence-corrected chi connectivity index (χ4v) is 1.67. The number of nitrogens with zero attached hydrogens (tertiary/aromatic N) is 1. The summed E-state index contributed by atoms with van der Waals surface area (Å²) in [6.07, 6.45) is 0. The Morgan fingerprint density at radius 3 is 2.36 bits per heavy atom. The van der Waals surface area contributed by atoms with Crippen molar-refractivity contribution in [1.82, 2.24) is 0 Å². The van der Waals surface area contributed by atoms with Crippen LogP contribution in [0.4, 0.5) is 4.39 Å². The molecular formula is C12H14FN. The van der Waals surface area contributed by atoms with Crippen LogP contribution in [0.1, 0.15) is 35.1 Å². The third-order valence-electron chi connectivity index (χ3n) is 2.64. The molecule has 0 radical (unpaired) electrons. The first-order valence-electron chi connectivity index (χ1n) is 4.64. The van der Waals surface area contributed by atoms with Crippen molar-refractivity contribution >= 4 is 0 Å². The van der Waals surface area contributed by atoms with Gasteiger partial charge < -0.3 is 0 Å². The van der Waals surface area contributed by atoms with E-state index in [1.54, 1.807) is 13.8 Å². The molecule has 1 aromatic rings. The SMILES string of the molecule is Cc1cc(C)c(F)c(C(C)C#N)c1C. The Labute approximate surface area is 84.2 Å². The second kappa shape index (κ2) is 3.79. The molecule has 0 aliphatic heterocycles. The molecular weight excluding hydrogens is 177 g/mol. The summed E-state index contributed by atoms with van der Waals surface area (Å²) in [6.45, 7) is 7.26. The molecule has 0 N–H and O–H groups in total. The molecule has 1 unspecified atom stereocenters. The number of rotatable bonds is 1. The highest BCUT2D eigenvalue weighted by molar-refractivity contribution is 5.42. The first kappa shape index (κ1) is 10.7. The quantitative estimate of drug-likeness (QED) is 0.667. The predicted molar refractivity (Wildman–Crippen MR) is 54.6 cm³/mol. The Morgan fingerprint density at radius 1 is 1.29 bits per heavy atom. The molecule has 74 valence electrons. The number of hydrogen-bond acceptors (Lipinski definition) is 1. The molecule has 0 amide bonds. The van der Waals surface area contributed by atoms with E-state index in [0.29, 0.717) is 11.1 Å². The summed E-state index contributed by atoms with van der Waals surface area (Å²) < 4.78 is 13.7. The van der Waals surface area contributed by atoms with Crippen LogP contribution in [0.25, 0.3) is 0 Å². The first-order chi connectivity index (χ1) is 6.49. The summed E-state index contributed by atoms with van der Waals surface area (Å²) in [5, 5.41) is 8.80. The van der Waals surface area contributed by atoms with Gasteiger partial charge in [-0.15, -0.1) is 0 Å². The van der Waals surface area contributed by atoms with Crippen LogP contribution in [0.3, 0.4) is 0 Å². The van der Waals surface area contributed by atoms with Crippen molar-refractivity contribution in [2.45, 2.75) is 33.6 Å². The number of nitriles is 1. The minimum atomic E-state index is -0.381. The second-order valence-electron chi connectivity index (χ2n) is 3.71. The van der Waals surface area contributed by atoms with Gasteiger partial charge >= 0.3 is 0 Å². The molecule has 0 spiro atoms. The van der Waals surface area contributed by atoms with E-state index in [1.165, 1.54) is 0 Å². The van der Waals surface area contributed by atoms with Gasteiger partial charge in [-0.1, -0.05) is 6.07 Å². The van der Waals surface area contributed by atoms with Crippen LogP contribution in [0.15, 0.2) is 6.07 Å². The van der Waals surface area contributed by atoms with Crippen LogP contribution in [0, 0.1) is 37.9 Å². The fourth-order valence-electron chi connectivity index (χ4n) is 1.67. The van der Waals surface area contributed by atoms with Crippen molar-refractivity contribution < 1.29 is 4.39 Å². The van der Waals surface area contributed by atoms with Gasteiger partial charge in [-0.05, 0) is 44.4 Å². The van der Waals surface area contributed by atoms with Crippen LogP contribution >= 0.6 is 0 Å². The molecule has 0 aliphatic carbocycles. The van der Waals surface area contributed by atoms with Crippen LogP contribution < -0.4 is 0 Å². The zero-order valence-electron chi connectivity index (χ0n) is 8.98. The number of hydrogen-bond donors (Lipinski definition) is 0. The van der Waals surface area contributed by atoms with E-state index in [0.717, 1.165) is 11.1 Å². The average Bonchev–Trinajstić information content (AvgIpc) is 2.15. The largest absolute Gasteiger partial charge is 0.206 e. The van der Waals surface area contributed by atoms with Gasteiger partial charge in [-0.2, -0.15) is 5.26 Å². The third kappa shape index (κ3) is 1.63. The van der Waals surface area contributed by atoms with Gasteiger partial charge in [0.1, 0.15) is 5.82 Å². The topological polar surface area (TPSA) is 23.8 Å². The van der Waals surface area contributed by atoms with Crippen molar-refractivity contribution in [3.63, 3.8) is 0 Å². The van der Waals surface area contributed by atoms with E-state index in [2.05, 4.69) is 6.07 Å². The Morgan fingerprint density at radius 2 is 1.86 bits per heavy atom. The van der Waals surface area contributed by atoms with Crippen LogP contribution in [-0.4, -0.2) is 0 Å². The normalized spacial score (nSPS) is 12.3. The van der Waals surface area contributed by atoms with Crippen molar-refractivity contribution in [3.8, 4) is 6.07 Å². The maximum atomic E-state index is 13.7. The van der Waals surface area contributed by atoms with E-state index in [4.69, 9.17) is 5.26 Å². The molecule has 0 fully saturated rings. The summed E-state index contributed by atoms with van der Waals surface area (Å²) in [5.41, 5.74) is 3.10. The van der Waals surface area contributed by atoms with E-state index in [1.807, 2.05) is 19.9 Å². The lowest BCUT2D eigenvalue weighted by atomic mass is 9.91. The summed E-state index contributed by atoms with van der Waals surface area (Å²) in [7, 11) is 0. The molecule has 1 rings (SSSR count). The fraction of sp³-hybridized carbons (Fsp3) is 0.417. The Kier molecular flexibility index (Phi) is 2.90. The van der Waals surface area contributed by atoms with Gasteiger partial charge in [0.2, 0.25) is 0 Å². The molecule has 0 saturated heterocycles. The van der Waals surface area contributed by atoms with E-state index < -0.39 is 0 Å². The number of halogens is 1. The zero-order chi connectivity index (χ0) is 10.9. The summed E-state index contributed by atoms with van der Waals surface area (Å²) in [5.74, 6) is -0.615. The Balaban J connectivity index is 3.49. The molecule has 0 aromatic heterocycles. The minimum absolute atomic E-state index is 0.234. The van der Waals surface area contributed by atoms with Gasteiger partial charge in [0.15, 0.2) is 0 Å². The number of aryl methyl sites for hydroxylation is 2. The molecule has 14 heavy (non-hydrogen) atoms. The second-order valence-corrected chi connectivity index (χ2v) is 3.71. The van der Waals surface area contributed by atoms with E-state index in [-0.39, 0.29) is 11.7 Å². The molecule has 0 heterocycles. The van der Waals surface area contributed by atoms with Gasteiger partial charge in [-0.3, -0.25) is 0 Å². The average molecular weight is 191 g/mol. The monoisotopic (exact) mass is 191 g/mol. The Hall–Kier alpha value is -1.36. The van der Waals surface area contributed by atoms with Gasteiger partial charge in [0.05, 0.1) is 12.0 Å². The van der Waals surface area contributed by atoms with Crippen molar-refractivity contribution in [3.05, 3.63) is 34.1 Å². The van der Waals surface area contributed by atoms with Crippen molar-refractivity contribution in [2.24, 2.45) is 0 Å². The molecule has 0 bridgehead atoms. The maximum Gasteiger partial charge on any atom is 0.130 e. The smallest absolute Gasteiger partial charge is 0.130 e. The van der Waals surface area contributed by atoms with Gasteiger partial charge in [0.25, 0.3) is 0 Å². The molecule has 0 aliphatic rings. The lowest BCUT2D eigenvalue weighted by Crippen LogP contribution is -2.02. The predicted octanol–water partition coefficient (Wildman–Crippen LogP) is 3.38.